The van der Waals surface area contributed by atoms with E-state index < -0.39 is 0 Å². The first-order valence-corrected chi connectivity index (χ1v) is 8.82. The Hall–Kier alpha value is -2.63. The van der Waals surface area contributed by atoms with Gasteiger partial charge in [0.2, 0.25) is 5.95 Å². The van der Waals surface area contributed by atoms with Crippen molar-refractivity contribution in [1.29, 1.82) is 0 Å². The van der Waals surface area contributed by atoms with E-state index in [9.17, 15) is 0 Å². The van der Waals surface area contributed by atoms with Gasteiger partial charge in [-0.1, -0.05) is 29.8 Å². The molecule has 0 saturated carbocycles. The number of methoxy groups -OCH3 is 1. The molecule has 3 rings (SSSR count). The molecule has 0 radical (unpaired) electrons. The molecule has 0 aliphatic heterocycles. The molecule has 1 aliphatic carbocycles. The van der Waals surface area contributed by atoms with Gasteiger partial charge in [-0.05, 0) is 38.2 Å². The first-order valence-electron chi connectivity index (χ1n) is 8.82. The summed E-state index contributed by atoms with van der Waals surface area (Å²) in [4.78, 5) is 4.47. The van der Waals surface area contributed by atoms with Gasteiger partial charge in [0.25, 0.3) is 0 Å². The van der Waals surface area contributed by atoms with E-state index in [2.05, 4.69) is 31.9 Å². The third-order valence-corrected chi connectivity index (χ3v) is 4.33. The molecule has 1 aromatic carbocycles. The SMILES string of the molecule is COc1ccccc1CNc1cnnc(NCCC2=CCCCC2)n1. The number of para-hydroxylation sites is 1. The Labute approximate surface area is 148 Å². The number of aromatic nitrogens is 3. The molecule has 0 atom stereocenters. The molecular formula is C19H25N5O. The predicted molar refractivity (Wildman–Crippen MR) is 99.8 cm³/mol. The Bertz CT molecular complexity index is 716. The predicted octanol–water partition coefficient (Wildman–Crippen LogP) is 3.79. The summed E-state index contributed by atoms with van der Waals surface area (Å²) in [6, 6.07) is 7.92. The minimum atomic E-state index is 0.557. The van der Waals surface area contributed by atoms with Crippen LogP contribution in [-0.2, 0) is 6.54 Å². The third-order valence-electron chi connectivity index (χ3n) is 4.33. The maximum Gasteiger partial charge on any atom is 0.244 e. The van der Waals surface area contributed by atoms with Crippen LogP contribution in [0.2, 0.25) is 0 Å². The van der Waals surface area contributed by atoms with Crippen LogP contribution in [-0.4, -0.2) is 28.8 Å². The van der Waals surface area contributed by atoms with Gasteiger partial charge >= 0.3 is 0 Å². The van der Waals surface area contributed by atoms with E-state index in [1.54, 1.807) is 13.3 Å². The van der Waals surface area contributed by atoms with Gasteiger partial charge in [-0.3, -0.25) is 0 Å². The number of rotatable bonds is 8. The number of benzene rings is 1. The zero-order chi connectivity index (χ0) is 17.3. The molecule has 0 spiro atoms. The summed E-state index contributed by atoms with van der Waals surface area (Å²) in [7, 11) is 1.68. The number of ether oxygens (including phenoxy) is 1. The van der Waals surface area contributed by atoms with Crippen molar-refractivity contribution in [1.82, 2.24) is 15.2 Å². The van der Waals surface area contributed by atoms with E-state index in [4.69, 9.17) is 4.74 Å². The summed E-state index contributed by atoms with van der Waals surface area (Å²) in [6.07, 6.45) is 10.1. The largest absolute Gasteiger partial charge is 0.496 e. The number of nitrogens with one attached hydrogen (secondary N) is 2. The van der Waals surface area contributed by atoms with Crippen molar-refractivity contribution >= 4 is 11.8 Å². The third kappa shape index (κ3) is 5.17. The van der Waals surface area contributed by atoms with Gasteiger partial charge in [0.05, 0.1) is 13.3 Å². The fraction of sp³-hybridized carbons (Fsp3) is 0.421. The van der Waals surface area contributed by atoms with Crippen molar-refractivity contribution in [2.24, 2.45) is 0 Å². The lowest BCUT2D eigenvalue weighted by molar-refractivity contribution is 0.410. The minimum absolute atomic E-state index is 0.557. The Kier molecular flexibility index (Phi) is 6.20. The fourth-order valence-corrected chi connectivity index (χ4v) is 2.96. The smallest absolute Gasteiger partial charge is 0.244 e. The van der Waals surface area contributed by atoms with Crippen LogP contribution in [0.4, 0.5) is 11.8 Å². The topological polar surface area (TPSA) is 72.0 Å². The van der Waals surface area contributed by atoms with Gasteiger partial charge in [0.1, 0.15) is 5.75 Å². The molecule has 2 N–H and O–H groups in total. The molecule has 2 aromatic rings. The highest BCUT2D eigenvalue weighted by molar-refractivity contribution is 5.41. The monoisotopic (exact) mass is 339 g/mol. The van der Waals surface area contributed by atoms with Crippen LogP contribution in [0, 0.1) is 0 Å². The average molecular weight is 339 g/mol. The summed E-state index contributed by atoms with van der Waals surface area (Å²) in [6.45, 7) is 1.46. The number of hydrogen-bond acceptors (Lipinski definition) is 6. The van der Waals surface area contributed by atoms with Gasteiger partial charge in [-0.25, -0.2) is 0 Å². The molecule has 25 heavy (non-hydrogen) atoms. The van der Waals surface area contributed by atoms with Gasteiger partial charge in [-0.2, -0.15) is 10.1 Å². The van der Waals surface area contributed by atoms with Gasteiger partial charge in [-0.15, -0.1) is 5.10 Å². The lowest BCUT2D eigenvalue weighted by Gasteiger charge is -2.13. The van der Waals surface area contributed by atoms with Crippen molar-refractivity contribution in [3.63, 3.8) is 0 Å². The van der Waals surface area contributed by atoms with E-state index in [1.165, 1.54) is 31.3 Å². The van der Waals surface area contributed by atoms with Crippen molar-refractivity contribution in [2.45, 2.75) is 38.6 Å². The molecule has 0 fully saturated rings. The van der Waals surface area contributed by atoms with Crippen LogP contribution >= 0.6 is 0 Å². The van der Waals surface area contributed by atoms with Crippen LogP contribution in [0.15, 0.2) is 42.1 Å². The molecule has 6 heteroatoms. The maximum absolute atomic E-state index is 5.36. The van der Waals surface area contributed by atoms with Crippen LogP contribution in [0.3, 0.4) is 0 Å². The lowest BCUT2D eigenvalue weighted by atomic mass is 9.97. The van der Waals surface area contributed by atoms with Gasteiger partial charge in [0, 0.05) is 18.7 Å². The molecule has 1 aromatic heterocycles. The second-order valence-corrected chi connectivity index (χ2v) is 6.12. The number of allylic oxidation sites excluding steroid dienone is 1. The molecule has 132 valence electrons. The number of hydrogen-bond donors (Lipinski definition) is 2. The number of nitrogens with zero attached hydrogens (tertiary/aromatic N) is 3. The zero-order valence-electron chi connectivity index (χ0n) is 14.7. The lowest BCUT2D eigenvalue weighted by Crippen LogP contribution is -2.10. The molecule has 1 heterocycles. The second kappa shape index (κ2) is 9.01. The quantitative estimate of drug-likeness (QED) is 0.713. The standard InChI is InChI=1S/C19H25N5O/c1-25-17-10-6-5-9-16(17)13-21-18-14-22-24-19(23-18)20-12-11-15-7-3-2-4-8-15/h5-7,9-10,14H,2-4,8,11-13H2,1H3,(H2,20,21,23,24). The normalized spacial score (nSPS) is 13.9. The highest BCUT2D eigenvalue weighted by atomic mass is 16.5. The second-order valence-electron chi connectivity index (χ2n) is 6.12. The van der Waals surface area contributed by atoms with Crippen molar-refractivity contribution in [3.8, 4) is 5.75 Å². The van der Waals surface area contributed by atoms with Crippen LogP contribution in [0.5, 0.6) is 5.75 Å². The van der Waals surface area contributed by atoms with Crippen LogP contribution < -0.4 is 15.4 Å². The van der Waals surface area contributed by atoms with Crippen molar-refractivity contribution < 1.29 is 4.74 Å². The van der Waals surface area contributed by atoms with Gasteiger partial charge in [0.15, 0.2) is 5.82 Å². The summed E-state index contributed by atoms with van der Waals surface area (Å²) in [5.41, 5.74) is 2.61. The molecule has 0 saturated heterocycles. The summed E-state index contributed by atoms with van der Waals surface area (Å²) < 4.78 is 5.36. The molecular weight excluding hydrogens is 314 g/mol. The zero-order valence-corrected chi connectivity index (χ0v) is 14.7. The minimum Gasteiger partial charge on any atom is -0.496 e. The summed E-state index contributed by atoms with van der Waals surface area (Å²) in [5.74, 6) is 2.11. The molecule has 0 amide bonds. The highest BCUT2D eigenvalue weighted by Crippen LogP contribution is 2.20. The molecule has 6 nitrogen and oxygen atoms in total. The van der Waals surface area contributed by atoms with E-state index in [0.29, 0.717) is 18.3 Å². The van der Waals surface area contributed by atoms with E-state index in [0.717, 1.165) is 24.3 Å². The van der Waals surface area contributed by atoms with E-state index in [-0.39, 0.29) is 0 Å². The first-order chi connectivity index (χ1) is 12.3. The fourth-order valence-electron chi connectivity index (χ4n) is 2.96. The highest BCUT2D eigenvalue weighted by Gasteiger charge is 2.06. The molecule has 0 unspecified atom stereocenters. The van der Waals surface area contributed by atoms with E-state index >= 15 is 0 Å². The average Bonchev–Trinajstić information content (AvgIpc) is 2.68. The Morgan fingerprint density at radius 3 is 2.92 bits per heavy atom. The number of anilines is 2. The Morgan fingerprint density at radius 2 is 2.08 bits per heavy atom. The van der Waals surface area contributed by atoms with Crippen LogP contribution in [0.1, 0.15) is 37.7 Å². The molecule has 0 bridgehead atoms. The Balaban J connectivity index is 1.51. The van der Waals surface area contributed by atoms with Crippen molar-refractivity contribution in [2.75, 3.05) is 24.3 Å². The maximum atomic E-state index is 5.36. The Morgan fingerprint density at radius 1 is 1.16 bits per heavy atom. The first kappa shape index (κ1) is 17.2. The van der Waals surface area contributed by atoms with Crippen LogP contribution in [0.25, 0.3) is 0 Å². The van der Waals surface area contributed by atoms with Gasteiger partial charge < -0.3 is 15.4 Å². The summed E-state index contributed by atoms with van der Waals surface area (Å²) >= 11 is 0. The molecule has 1 aliphatic rings. The van der Waals surface area contributed by atoms with Crippen molar-refractivity contribution in [3.05, 3.63) is 47.7 Å². The van der Waals surface area contributed by atoms with E-state index in [1.807, 2.05) is 24.3 Å². The summed E-state index contributed by atoms with van der Waals surface area (Å²) in [5, 5.41) is 14.6.